The Kier molecular flexibility index (Phi) is 5.64. The molecule has 0 aromatic rings. The van der Waals surface area contributed by atoms with E-state index in [1.54, 1.807) is 6.92 Å². The molecule has 2 N–H and O–H groups in total. The minimum Gasteiger partial charge on any atom is -0.397 e. The van der Waals surface area contributed by atoms with E-state index in [0.29, 0.717) is 0 Å². The Morgan fingerprint density at radius 2 is 1.90 bits per heavy atom. The molecular formula is C8H19NO. The molecule has 10 heavy (non-hydrogen) atoms. The lowest BCUT2D eigenvalue weighted by Crippen LogP contribution is -2.16. The molecule has 0 heterocycles. The van der Waals surface area contributed by atoms with Crippen LogP contribution in [0.15, 0.2) is 0 Å². The van der Waals surface area contributed by atoms with Crippen molar-refractivity contribution in [2.24, 2.45) is 5.92 Å². The van der Waals surface area contributed by atoms with Crippen molar-refractivity contribution >= 4 is 0 Å². The van der Waals surface area contributed by atoms with Gasteiger partial charge in [-0.15, -0.1) is 0 Å². The summed E-state index contributed by atoms with van der Waals surface area (Å²) in [6.45, 7) is 7.51. The second-order valence-corrected chi connectivity index (χ2v) is 2.69. The maximum absolute atomic E-state index is 7.57. The first-order valence-corrected chi connectivity index (χ1v) is 4.10. The summed E-state index contributed by atoms with van der Waals surface area (Å²) >= 11 is 0. The first kappa shape index (κ1) is 9.92. The predicted octanol–water partition coefficient (Wildman–Crippen LogP) is 1.00. The second kappa shape index (κ2) is 5.69. The van der Waals surface area contributed by atoms with E-state index in [1.807, 2.05) is 0 Å². The van der Waals surface area contributed by atoms with Crippen molar-refractivity contribution in [1.29, 1.82) is 0 Å². The lowest BCUT2D eigenvalue weighted by molar-refractivity contribution is 0.318. The molecule has 1 aliphatic rings. The van der Waals surface area contributed by atoms with Crippen LogP contribution in [0, 0.1) is 5.92 Å². The summed E-state index contributed by atoms with van der Waals surface area (Å²) in [5, 5.41) is 10.9. The Labute approximate surface area is 63.6 Å². The highest BCUT2D eigenvalue weighted by molar-refractivity contribution is 4.88. The molecule has 0 spiro atoms. The molecule has 0 radical (unpaired) electrons. The van der Waals surface area contributed by atoms with E-state index < -0.39 is 0 Å². The molecule has 1 rings (SSSR count). The zero-order valence-corrected chi connectivity index (χ0v) is 7.22. The summed E-state index contributed by atoms with van der Waals surface area (Å²) in [7, 11) is 0. The van der Waals surface area contributed by atoms with Crippen LogP contribution >= 0.6 is 0 Å². The van der Waals surface area contributed by atoms with Crippen molar-refractivity contribution in [1.82, 2.24) is 5.32 Å². The van der Waals surface area contributed by atoms with Gasteiger partial charge < -0.3 is 10.4 Å². The largest absolute Gasteiger partial charge is 0.397 e. The second-order valence-electron chi connectivity index (χ2n) is 2.69. The highest BCUT2D eigenvalue weighted by atomic mass is 16.2. The number of rotatable bonds is 2. The quantitative estimate of drug-likeness (QED) is 0.607. The molecule has 1 aliphatic carbocycles. The molecule has 62 valence electrons. The Morgan fingerprint density at radius 3 is 2.00 bits per heavy atom. The van der Waals surface area contributed by atoms with Gasteiger partial charge in [-0.3, -0.25) is 0 Å². The fourth-order valence-electron chi connectivity index (χ4n) is 0.869. The summed E-state index contributed by atoms with van der Waals surface area (Å²) in [5.41, 5.74) is 0. The van der Waals surface area contributed by atoms with Crippen molar-refractivity contribution in [2.45, 2.75) is 33.2 Å². The van der Waals surface area contributed by atoms with Gasteiger partial charge in [0.1, 0.15) is 0 Å². The average molecular weight is 145 g/mol. The van der Waals surface area contributed by atoms with Gasteiger partial charge in [0.15, 0.2) is 0 Å². The van der Waals surface area contributed by atoms with E-state index in [-0.39, 0.29) is 6.61 Å². The van der Waals surface area contributed by atoms with Crippen molar-refractivity contribution < 1.29 is 5.11 Å². The summed E-state index contributed by atoms with van der Waals surface area (Å²) in [4.78, 5) is 0. The van der Waals surface area contributed by atoms with E-state index in [9.17, 15) is 0 Å². The average Bonchev–Trinajstić information content (AvgIpc) is 2.50. The number of aliphatic hydroxyl groups is 1. The molecule has 2 unspecified atom stereocenters. The molecule has 0 saturated heterocycles. The lowest BCUT2D eigenvalue weighted by atomic mass is 10.5. The van der Waals surface area contributed by atoms with Gasteiger partial charge in [0.25, 0.3) is 0 Å². The molecule has 1 saturated carbocycles. The van der Waals surface area contributed by atoms with Crippen LogP contribution in [-0.4, -0.2) is 24.3 Å². The summed E-state index contributed by atoms with van der Waals surface area (Å²) in [6.07, 6.45) is 1.40. The van der Waals surface area contributed by atoms with Gasteiger partial charge in [0.2, 0.25) is 0 Å². The standard InChI is InChI=1S/C6H13N.C2H6O/c1-3-7-6-4-5(6)2;1-2-3/h5-7H,3-4H2,1-2H3;3H,2H2,1H3. The molecule has 1 fully saturated rings. The third-order valence-electron chi connectivity index (χ3n) is 1.58. The molecule has 0 aromatic carbocycles. The van der Waals surface area contributed by atoms with Crippen LogP contribution < -0.4 is 5.32 Å². The van der Waals surface area contributed by atoms with Crippen LogP contribution in [0.4, 0.5) is 0 Å². The van der Waals surface area contributed by atoms with E-state index in [4.69, 9.17) is 5.11 Å². The Morgan fingerprint density at radius 1 is 1.50 bits per heavy atom. The maximum atomic E-state index is 7.57. The van der Waals surface area contributed by atoms with Gasteiger partial charge in [0, 0.05) is 12.6 Å². The number of hydrogen-bond donors (Lipinski definition) is 2. The van der Waals surface area contributed by atoms with E-state index in [0.717, 1.165) is 18.5 Å². The third-order valence-corrected chi connectivity index (χ3v) is 1.58. The third kappa shape index (κ3) is 4.77. The molecule has 0 aromatic heterocycles. The van der Waals surface area contributed by atoms with Crippen molar-refractivity contribution in [2.75, 3.05) is 13.2 Å². The fourth-order valence-corrected chi connectivity index (χ4v) is 0.869. The highest BCUT2D eigenvalue weighted by Gasteiger charge is 2.30. The van der Waals surface area contributed by atoms with E-state index in [2.05, 4.69) is 19.2 Å². The minimum absolute atomic E-state index is 0.250. The summed E-state index contributed by atoms with van der Waals surface area (Å²) < 4.78 is 0. The molecule has 2 nitrogen and oxygen atoms in total. The Balaban J connectivity index is 0.000000236. The van der Waals surface area contributed by atoms with Crippen LogP contribution in [0.25, 0.3) is 0 Å². The number of aliphatic hydroxyl groups excluding tert-OH is 1. The minimum atomic E-state index is 0.250. The molecular weight excluding hydrogens is 126 g/mol. The van der Waals surface area contributed by atoms with Gasteiger partial charge in [-0.25, -0.2) is 0 Å². The zero-order chi connectivity index (χ0) is 7.98. The van der Waals surface area contributed by atoms with Gasteiger partial charge in [-0.1, -0.05) is 13.8 Å². The van der Waals surface area contributed by atoms with E-state index >= 15 is 0 Å². The van der Waals surface area contributed by atoms with Crippen molar-refractivity contribution in [3.63, 3.8) is 0 Å². The summed E-state index contributed by atoms with van der Waals surface area (Å²) in [5.74, 6) is 0.958. The Bertz CT molecular complexity index is 75.7. The van der Waals surface area contributed by atoms with Gasteiger partial charge in [-0.2, -0.15) is 0 Å². The first-order chi connectivity index (χ1) is 4.76. The van der Waals surface area contributed by atoms with Gasteiger partial charge >= 0.3 is 0 Å². The van der Waals surface area contributed by atoms with Crippen molar-refractivity contribution in [3.05, 3.63) is 0 Å². The van der Waals surface area contributed by atoms with Crippen LogP contribution in [0.5, 0.6) is 0 Å². The lowest BCUT2D eigenvalue weighted by Gasteiger charge is -1.92. The molecule has 2 heteroatoms. The zero-order valence-electron chi connectivity index (χ0n) is 7.22. The van der Waals surface area contributed by atoms with Crippen LogP contribution in [0.3, 0.4) is 0 Å². The highest BCUT2D eigenvalue weighted by Crippen LogP contribution is 2.28. The molecule has 0 aliphatic heterocycles. The van der Waals surface area contributed by atoms with Crippen LogP contribution in [-0.2, 0) is 0 Å². The monoisotopic (exact) mass is 145 g/mol. The maximum Gasteiger partial charge on any atom is 0.0402 e. The van der Waals surface area contributed by atoms with Gasteiger partial charge in [-0.05, 0) is 25.8 Å². The molecule has 0 amide bonds. The SMILES string of the molecule is CCNC1CC1C.CCO. The van der Waals surface area contributed by atoms with E-state index in [1.165, 1.54) is 6.42 Å². The number of nitrogens with one attached hydrogen (secondary N) is 1. The smallest absolute Gasteiger partial charge is 0.0402 e. The predicted molar refractivity (Wildman–Crippen MR) is 44.0 cm³/mol. The normalized spacial score (nSPS) is 28.8. The van der Waals surface area contributed by atoms with Gasteiger partial charge in [0.05, 0.1) is 0 Å². The fraction of sp³-hybridized carbons (Fsp3) is 1.00. The van der Waals surface area contributed by atoms with Crippen LogP contribution in [0.2, 0.25) is 0 Å². The molecule has 2 atom stereocenters. The topological polar surface area (TPSA) is 32.3 Å². The van der Waals surface area contributed by atoms with Crippen LogP contribution in [0.1, 0.15) is 27.2 Å². The first-order valence-electron chi connectivity index (χ1n) is 4.10. The Hall–Kier alpha value is -0.0800. The summed E-state index contributed by atoms with van der Waals surface area (Å²) in [6, 6.07) is 0.866. The van der Waals surface area contributed by atoms with Crippen molar-refractivity contribution in [3.8, 4) is 0 Å². The molecule has 0 bridgehead atoms. The number of hydrogen-bond acceptors (Lipinski definition) is 2.